The molecular formula is C27H29F3N2O3. The fourth-order valence-electron chi connectivity index (χ4n) is 5.04. The average Bonchev–Trinajstić information content (AvgIpc) is 2.86. The minimum absolute atomic E-state index is 0.0143. The standard InChI is InChI=1S/C27H29F3N2O3/c1-35-15-14-32-25(33)23(17-18-6-5-9-22(16-18)27(28,29)30)24(31-26(32)34)21-12-10-20(11-13-21)19-7-3-2-4-8-19/h2-9,16,20-21H,10-15,17H2,1H3,(H,31,34). The molecule has 5 nitrogen and oxygen atoms in total. The first kappa shape index (κ1) is 25.0. The molecule has 35 heavy (non-hydrogen) atoms. The molecule has 1 fully saturated rings. The lowest BCUT2D eigenvalue weighted by atomic mass is 9.76. The zero-order chi connectivity index (χ0) is 25.0. The van der Waals surface area contributed by atoms with E-state index in [0.29, 0.717) is 22.7 Å². The molecule has 1 aliphatic carbocycles. The molecule has 0 bridgehead atoms. The molecule has 0 radical (unpaired) electrons. The first-order valence-corrected chi connectivity index (χ1v) is 11.8. The van der Waals surface area contributed by atoms with Crippen molar-refractivity contribution in [1.82, 2.24) is 9.55 Å². The Morgan fingerprint density at radius 2 is 1.66 bits per heavy atom. The minimum atomic E-state index is -4.47. The van der Waals surface area contributed by atoms with Crippen LogP contribution in [0, 0.1) is 0 Å². The maximum atomic E-state index is 13.4. The van der Waals surface area contributed by atoms with Crippen molar-refractivity contribution in [1.29, 1.82) is 0 Å². The van der Waals surface area contributed by atoms with Crippen molar-refractivity contribution in [2.45, 2.75) is 56.7 Å². The fraction of sp³-hybridized carbons (Fsp3) is 0.407. The van der Waals surface area contributed by atoms with Crippen LogP contribution in [0.3, 0.4) is 0 Å². The van der Waals surface area contributed by atoms with Gasteiger partial charge in [-0.05, 0) is 54.7 Å². The molecule has 1 aromatic heterocycles. The summed E-state index contributed by atoms with van der Waals surface area (Å²) in [6.07, 6.45) is -1.07. The SMILES string of the molecule is COCCn1c(=O)[nH]c(C2CCC(c3ccccc3)CC2)c(Cc2cccc(C(F)(F)F)c2)c1=O. The van der Waals surface area contributed by atoms with E-state index in [9.17, 15) is 22.8 Å². The zero-order valence-electron chi connectivity index (χ0n) is 19.6. The number of alkyl halides is 3. The summed E-state index contributed by atoms with van der Waals surface area (Å²) in [4.78, 5) is 29.1. The summed E-state index contributed by atoms with van der Waals surface area (Å²) in [7, 11) is 1.47. The second kappa shape index (κ2) is 10.6. The van der Waals surface area contributed by atoms with Crippen molar-refractivity contribution in [3.05, 3.63) is 103 Å². The van der Waals surface area contributed by atoms with Gasteiger partial charge in [0.25, 0.3) is 5.56 Å². The molecular weight excluding hydrogens is 457 g/mol. The number of halogens is 3. The van der Waals surface area contributed by atoms with E-state index in [1.165, 1.54) is 18.7 Å². The van der Waals surface area contributed by atoms with Gasteiger partial charge < -0.3 is 9.72 Å². The van der Waals surface area contributed by atoms with Gasteiger partial charge in [0.15, 0.2) is 0 Å². The van der Waals surface area contributed by atoms with Gasteiger partial charge in [-0.3, -0.25) is 9.36 Å². The van der Waals surface area contributed by atoms with Gasteiger partial charge in [0.05, 0.1) is 18.7 Å². The van der Waals surface area contributed by atoms with Gasteiger partial charge in [0, 0.05) is 24.8 Å². The van der Waals surface area contributed by atoms with Gasteiger partial charge in [-0.15, -0.1) is 0 Å². The number of benzene rings is 2. The molecule has 8 heteroatoms. The number of aromatic nitrogens is 2. The second-order valence-corrected chi connectivity index (χ2v) is 9.11. The molecule has 0 spiro atoms. The average molecular weight is 487 g/mol. The lowest BCUT2D eigenvalue weighted by Crippen LogP contribution is -2.40. The van der Waals surface area contributed by atoms with Crippen LogP contribution in [0.5, 0.6) is 0 Å². The number of hydrogen-bond acceptors (Lipinski definition) is 3. The van der Waals surface area contributed by atoms with Crippen LogP contribution >= 0.6 is 0 Å². The fourth-order valence-corrected chi connectivity index (χ4v) is 5.04. The summed E-state index contributed by atoms with van der Waals surface area (Å²) in [6.45, 7) is 0.245. The van der Waals surface area contributed by atoms with Crippen LogP contribution in [0.15, 0.2) is 64.2 Å². The highest BCUT2D eigenvalue weighted by atomic mass is 19.4. The molecule has 0 atom stereocenters. The van der Waals surface area contributed by atoms with E-state index >= 15 is 0 Å². The maximum absolute atomic E-state index is 13.4. The first-order valence-electron chi connectivity index (χ1n) is 11.8. The van der Waals surface area contributed by atoms with Crippen LogP contribution in [0.1, 0.15) is 65.5 Å². The van der Waals surface area contributed by atoms with Gasteiger partial charge in [-0.2, -0.15) is 13.2 Å². The Bertz CT molecular complexity index is 1260. The summed E-state index contributed by atoms with van der Waals surface area (Å²) in [5.41, 5.74) is 0.813. The number of aromatic amines is 1. The van der Waals surface area contributed by atoms with Crippen LogP contribution < -0.4 is 11.2 Å². The Labute approximate surface area is 201 Å². The predicted molar refractivity (Wildman–Crippen MR) is 128 cm³/mol. The predicted octanol–water partition coefficient (Wildman–Crippen LogP) is 5.23. The molecule has 1 N–H and O–H groups in total. The van der Waals surface area contributed by atoms with E-state index < -0.39 is 23.0 Å². The van der Waals surface area contributed by atoms with E-state index in [1.807, 2.05) is 18.2 Å². The number of H-pyrrole nitrogens is 1. The monoisotopic (exact) mass is 486 g/mol. The first-order chi connectivity index (χ1) is 16.8. The van der Waals surface area contributed by atoms with Crippen molar-refractivity contribution < 1.29 is 17.9 Å². The molecule has 0 unspecified atom stereocenters. The Hall–Kier alpha value is -3.13. The van der Waals surface area contributed by atoms with Crippen LogP contribution in [0.25, 0.3) is 0 Å². The van der Waals surface area contributed by atoms with Gasteiger partial charge in [-0.1, -0.05) is 48.5 Å². The number of nitrogens with zero attached hydrogens (tertiary/aromatic N) is 1. The van der Waals surface area contributed by atoms with Gasteiger partial charge in [0.2, 0.25) is 0 Å². The van der Waals surface area contributed by atoms with Crippen molar-refractivity contribution in [3.8, 4) is 0 Å². The topological polar surface area (TPSA) is 64.1 Å². The third kappa shape index (κ3) is 5.75. The highest BCUT2D eigenvalue weighted by molar-refractivity contribution is 5.33. The third-order valence-electron chi connectivity index (χ3n) is 6.88. The van der Waals surface area contributed by atoms with Crippen molar-refractivity contribution in [2.75, 3.05) is 13.7 Å². The van der Waals surface area contributed by atoms with Crippen LogP contribution in [0.4, 0.5) is 13.2 Å². The molecule has 2 aromatic carbocycles. The molecule has 1 aliphatic rings. The van der Waals surface area contributed by atoms with E-state index in [1.54, 1.807) is 6.07 Å². The number of methoxy groups -OCH3 is 1. The molecule has 1 heterocycles. The van der Waals surface area contributed by atoms with Crippen LogP contribution in [-0.2, 0) is 23.9 Å². The molecule has 0 aliphatic heterocycles. The summed E-state index contributed by atoms with van der Waals surface area (Å²) < 4.78 is 45.9. The Balaban J connectivity index is 1.68. The minimum Gasteiger partial charge on any atom is -0.383 e. The summed E-state index contributed by atoms with van der Waals surface area (Å²) in [5.74, 6) is 0.376. The Morgan fingerprint density at radius 1 is 0.971 bits per heavy atom. The Kier molecular flexibility index (Phi) is 7.60. The largest absolute Gasteiger partial charge is 0.416 e. The maximum Gasteiger partial charge on any atom is 0.416 e. The zero-order valence-corrected chi connectivity index (χ0v) is 19.6. The number of ether oxygens (including phenoxy) is 1. The molecule has 3 aromatic rings. The van der Waals surface area contributed by atoms with Crippen LogP contribution in [-0.4, -0.2) is 23.3 Å². The van der Waals surface area contributed by atoms with Crippen molar-refractivity contribution in [2.24, 2.45) is 0 Å². The van der Waals surface area contributed by atoms with E-state index in [-0.39, 0.29) is 25.5 Å². The molecule has 4 rings (SSSR count). The van der Waals surface area contributed by atoms with Crippen LogP contribution in [0.2, 0.25) is 0 Å². The second-order valence-electron chi connectivity index (χ2n) is 9.11. The van der Waals surface area contributed by atoms with E-state index in [0.717, 1.165) is 42.4 Å². The highest BCUT2D eigenvalue weighted by Crippen LogP contribution is 2.40. The van der Waals surface area contributed by atoms with Crippen molar-refractivity contribution in [3.63, 3.8) is 0 Å². The summed E-state index contributed by atoms with van der Waals surface area (Å²) in [6, 6.07) is 15.3. The lowest BCUT2D eigenvalue weighted by Gasteiger charge is -2.30. The molecule has 1 saturated carbocycles. The smallest absolute Gasteiger partial charge is 0.383 e. The number of rotatable bonds is 7. The van der Waals surface area contributed by atoms with Gasteiger partial charge in [0.1, 0.15) is 0 Å². The molecule has 0 saturated heterocycles. The van der Waals surface area contributed by atoms with E-state index in [2.05, 4.69) is 17.1 Å². The number of nitrogens with one attached hydrogen (secondary N) is 1. The van der Waals surface area contributed by atoms with Gasteiger partial charge >= 0.3 is 11.9 Å². The lowest BCUT2D eigenvalue weighted by molar-refractivity contribution is -0.137. The number of hydrogen-bond donors (Lipinski definition) is 1. The normalized spacial score (nSPS) is 18.5. The Morgan fingerprint density at radius 3 is 2.31 bits per heavy atom. The quantitative estimate of drug-likeness (QED) is 0.497. The highest BCUT2D eigenvalue weighted by Gasteiger charge is 2.31. The molecule has 186 valence electrons. The molecule has 0 amide bonds. The van der Waals surface area contributed by atoms with E-state index in [4.69, 9.17) is 4.74 Å². The van der Waals surface area contributed by atoms with Crippen molar-refractivity contribution >= 4 is 0 Å². The third-order valence-corrected chi connectivity index (χ3v) is 6.88. The van der Waals surface area contributed by atoms with Gasteiger partial charge in [-0.25, -0.2) is 4.79 Å². The summed E-state index contributed by atoms with van der Waals surface area (Å²) >= 11 is 0. The summed E-state index contributed by atoms with van der Waals surface area (Å²) in [5, 5.41) is 0.